The Morgan fingerprint density at radius 2 is 1.84 bits per heavy atom. The number of nitrogens with one attached hydrogen (secondary N) is 1. The zero-order valence-electron chi connectivity index (χ0n) is 14.1. The first kappa shape index (κ1) is 15.4. The lowest BCUT2D eigenvalue weighted by Gasteiger charge is -2.37. The van der Waals surface area contributed by atoms with Crippen LogP contribution in [0.4, 0.5) is 10.5 Å². The first-order chi connectivity index (χ1) is 12.2. The highest BCUT2D eigenvalue weighted by Crippen LogP contribution is 2.32. The molecule has 126 valence electrons. The number of fused-ring (bicyclic) bond motifs is 1. The van der Waals surface area contributed by atoms with Crippen molar-refractivity contribution >= 4 is 11.7 Å². The standard InChI is InChI=1S/C20H20N4O/c1-15-4-6-17(7-5-15)22-20(25)24-14-13-23-12-2-3-18(23)19(24)16-8-10-21-11-9-16/h2-12,19H,13-14H2,1H3,(H,22,25). The van der Waals surface area contributed by atoms with Crippen LogP contribution in [-0.2, 0) is 6.54 Å². The van der Waals surface area contributed by atoms with Crippen molar-refractivity contribution in [3.05, 3.63) is 83.9 Å². The van der Waals surface area contributed by atoms with E-state index in [2.05, 4.69) is 27.1 Å². The van der Waals surface area contributed by atoms with E-state index in [0.717, 1.165) is 23.5 Å². The number of hydrogen-bond donors (Lipinski definition) is 1. The molecule has 25 heavy (non-hydrogen) atoms. The van der Waals surface area contributed by atoms with Gasteiger partial charge in [-0.15, -0.1) is 0 Å². The van der Waals surface area contributed by atoms with Crippen LogP contribution in [0.25, 0.3) is 0 Å². The van der Waals surface area contributed by atoms with Gasteiger partial charge in [0.05, 0.1) is 6.04 Å². The molecule has 0 radical (unpaired) electrons. The number of anilines is 1. The minimum Gasteiger partial charge on any atom is -0.348 e. The first-order valence-corrected chi connectivity index (χ1v) is 8.41. The summed E-state index contributed by atoms with van der Waals surface area (Å²) in [5.41, 5.74) is 4.17. The van der Waals surface area contributed by atoms with Crippen LogP contribution in [0.5, 0.6) is 0 Å². The molecule has 1 aliphatic heterocycles. The lowest BCUT2D eigenvalue weighted by atomic mass is 10.0. The first-order valence-electron chi connectivity index (χ1n) is 8.41. The number of carbonyl (C=O) groups excluding carboxylic acids is 1. The Morgan fingerprint density at radius 1 is 1.08 bits per heavy atom. The summed E-state index contributed by atoms with van der Waals surface area (Å²) in [7, 11) is 0. The summed E-state index contributed by atoms with van der Waals surface area (Å²) in [6.07, 6.45) is 5.61. The van der Waals surface area contributed by atoms with Crippen molar-refractivity contribution in [2.24, 2.45) is 0 Å². The van der Waals surface area contributed by atoms with Crippen LogP contribution in [0, 0.1) is 6.92 Å². The summed E-state index contributed by atoms with van der Waals surface area (Å²) in [4.78, 5) is 19.0. The largest absolute Gasteiger partial charge is 0.348 e. The molecule has 1 aromatic carbocycles. The van der Waals surface area contributed by atoms with Crippen molar-refractivity contribution in [2.75, 3.05) is 11.9 Å². The molecule has 1 aliphatic rings. The highest BCUT2D eigenvalue weighted by Gasteiger charge is 2.32. The van der Waals surface area contributed by atoms with Gasteiger partial charge in [-0.05, 0) is 48.9 Å². The van der Waals surface area contributed by atoms with E-state index in [1.807, 2.05) is 54.3 Å². The van der Waals surface area contributed by atoms with E-state index in [4.69, 9.17) is 0 Å². The van der Waals surface area contributed by atoms with Gasteiger partial charge in [-0.2, -0.15) is 0 Å². The van der Waals surface area contributed by atoms with E-state index < -0.39 is 0 Å². The smallest absolute Gasteiger partial charge is 0.322 e. The number of amides is 2. The molecule has 0 fully saturated rings. The molecule has 3 heterocycles. The van der Waals surface area contributed by atoms with Crippen molar-refractivity contribution < 1.29 is 4.79 Å². The average molecular weight is 332 g/mol. The number of benzene rings is 1. The minimum absolute atomic E-state index is 0.0851. The van der Waals surface area contributed by atoms with Gasteiger partial charge in [0.15, 0.2) is 0 Å². The van der Waals surface area contributed by atoms with Gasteiger partial charge in [0.2, 0.25) is 0 Å². The Hall–Kier alpha value is -3.08. The molecule has 1 atom stereocenters. The van der Waals surface area contributed by atoms with Gasteiger partial charge in [-0.1, -0.05) is 17.7 Å². The van der Waals surface area contributed by atoms with Crippen LogP contribution in [0.15, 0.2) is 67.1 Å². The molecule has 3 aromatic rings. The third-order valence-electron chi connectivity index (χ3n) is 4.62. The summed E-state index contributed by atoms with van der Waals surface area (Å²) < 4.78 is 2.21. The Balaban J connectivity index is 1.65. The van der Waals surface area contributed by atoms with E-state index in [1.54, 1.807) is 12.4 Å². The maximum absolute atomic E-state index is 13.0. The van der Waals surface area contributed by atoms with E-state index in [-0.39, 0.29) is 12.1 Å². The van der Waals surface area contributed by atoms with Gasteiger partial charge < -0.3 is 14.8 Å². The maximum atomic E-state index is 13.0. The van der Waals surface area contributed by atoms with Crippen LogP contribution in [0.1, 0.15) is 22.9 Å². The number of pyridine rings is 1. The highest BCUT2D eigenvalue weighted by molar-refractivity contribution is 5.90. The fourth-order valence-corrected chi connectivity index (χ4v) is 3.33. The van der Waals surface area contributed by atoms with Crippen LogP contribution >= 0.6 is 0 Å². The highest BCUT2D eigenvalue weighted by atomic mass is 16.2. The fourth-order valence-electron chi connectivity index (χ4n) is 3.33. The van der Waals surface area contributed by atoms with Gasteiger partial charge in [0.1, 0.15) is 0 Å². The summed E-state index contributed by atoms with van der Waals surface area (Å²) in [6, 6.07) is 15.7. The minimum atomic E-state index is -0.114. The Labute approximate surface area is 146 Å². The van der Waals surface area contributed by atoms with Gasteiger partial charge in [-0.25, -0.2) is 4.79 Å². The monoisotopic (exact) mass is 332 g/mol. The van der Waals surface area contributed by atoms with Crippen molar-refractivity contribution in [3.8, 4) is 0 Å². The molecule has 2 aromatic heterocycles. The molecule has 5 heteroatoms. The molecular formula is C20H20N4O. The number of nitrogens with zero attached hydrogens (tertiary/aromatic N) is 3. The van der Waals surface area contributed by atoms with Crippen LogP contribution in [0.3, 0.4) is 0 Å². The van der Waals surface area contributed by atoms with E-state index >= 15 is 0 Å². The molecule has 2 amide bonds. The molecule has 0 saturated carbocycles. The number of urea groups is 1. The topological polar surface area (TPSA) is 50.2 Å². The normalized spacial score (nSPS) is 16.4. The fraction of sp³-hybridized carbons (Fsp3) is 0.200. The van der Waals surface area contributed by atoms with Crippen molar-refractivity contribution in [1.82, 2.24) is 14.5 Å². The lowest BCUT2D eigenvalue weighted by Crippen LogP contribution is -2.44. The van der Waals surface area contributed by atoms with Gasteiger partial charge >= 0.3 is 6.03 Å². The molecule has 0 saturated heterocycles. The maximum Gasteiger partial charge on any atom is 0.322 e. The van der Waals surface area contributed by atoms with E-state index in [9.17, 15) is 4.79 Å². The van der Waals surface area contributed by atoms with Crippen molar-refractivity contribution in [1.29, 1.82) is 0 Å². The van der Waals surface area contributed by atoms with E-state index in [1.165, 1.54) is 5.56 Å². The summed E-state index contributed by atoms with van der Waals surface area (Å²) in [6.45, 7) is 3.49. The zero-order chi connectivity index (χ0) is 17.2. The number of rotatable bonds is 2. The quantitative estimate of drug-likeness (QED) is 0.775. The molecule has 5 nitrogen and oxygen atoms in total. The third kappa shape index (κ3) is 3.01. The second-order valence-electron chi connectivity index (χ2n) is 6.30. The summed E-state index contributed by atoms with van der Waals surface area (Å²) >= 11 is 0. The molecule has 0 bridgehead atoms. The van der Waals surface area contributed by atoms with Crippen LogP contribution in [-0.4, -0.2) is 27.0 Å². The molecule has 1 unspecified atom stereocenters. The van der Waals surface area contributed by atoms with E-state index in [0.29, 0.717) is 6.54 Å². The second-order valence-corrected chi connectivity index (χ2v) is 6.30. The number of aryl methyl sites for hydroxylation is 1. The van der Waals surface area contributed by atoms with Crippen molar-refractivity contribution in [3.63, 3.8) is 0 Å². The SMILES string of the molecule is Cc1ccc(NC(=O)N2CCn3cccc3C2c2ccncc2)cc1. The predicted molar refractivity (Wildman–Crippen MR) is 97.4 cm³/mol. The number of hydrogen-bond acceptors (Lipinski definition) is 2. The second kappa shape index (κ2) is 6.43. The zero-order valence-corrected chi connectivity index (χ0v) is 14.1. The third-order valence-corrected chi connectivity index (χ3v) is 4.62. The average Bonchev–Trinajstić information content (AvgIpc) is 3.12. The molecular weight excluding hydrogens is 312 g/mol. The molecule has 1 N–H and O–H groups in total. The summed E-state index contributed by atoms with van der Waals surface area (Å²) in [5, 5.41) is 3.02. The van der Waals surface area contributed by atoms with Gasteiger partial charge in [0, 0.05) is 43.1 Å². The van der Waals surface area contributed by atoms with Gasteiger partial charge in [0.25, 0.3) is 0 Å². The Kier molecular flexibility index (Phi) is 3.98. The Morgan fingerprint density at radius 3 is 2.60 bits per heavy atom. The predicted octanol–water partition coefficient (Wildman–Crippen LogP) is 3.83. The Bertz CT molecular complexity index is 870. The van der Waals surface area contributed by atoms with Crippen LogP contribution in [0.2, 0.25) is 0 Å². The number of aromatic nitrogens is 2. The molecule has 4 rings (SSSR count). The van der Waals surface area contributed by atoms with Crippen LogP contribution < -0.4 is 5.32 Å². The molecule has 0 aliphatic carbocycles. The van der Waals surface area contributed by atoms with Gasteiger partial charge in [-0.3, -0.25) is 4.98 Å². The lowest BCUT2D eigenvalue weighted by molar-refractivity contribution is 0.182. The number of carbonyl (C=O) groups is 1. The van der Waals surface area contributed by atoms with Crippen molar-refractivity contribution in [2.45, 2.75) is 19.5 Å². The summed E-state index contributed by atoms with van der Waals surface area (Å²) in [5.74, 6) is 0. The molecule has 0 spiro atoms.